The van der Waals surface area contributed by atoms with E-state index in [1.165, 1.54) is -0.575 Å². The van der Waals surface area contributed by atoms with Gasteiger partial charge in [-0.25, -0.2) is 0 Å². The van der Waals surface area contributed by atoms with Crippen LogP contribution in [0.15, 0.2) is 0 Å². The first-order valence-electron chi connectivity index (χ1n) is 3.18. The molecule has 0 bridgehead atoms. The van der Waals surface area contributed by atoms with Gasteiger partial charge in [0.1, 0.15) is 0 Å². The molecule has 0 amide bonds. The second-order valence-corrected chi connectivity index (χ2v) is 6.66. The van der Waals surface area contributed by atoms with Crippen LogP contribution in [0.5, 0.6) is 0 Å². The third-order valence-corrected chi connectivity index (χ3v) is 0. The molecule has 0 radical (unpaired) electrons. The quantitative estimate of drug-likeness (QED) is 0.213. The van der Waals surface area contributed by atoms with Crippen molar-refractivity contribution in [1.82, 2.24) is 0 Å². The van der Waals surface area contributed by atoms with Crippen molar-refractivity contribution in [3.05, 3.63) is 0 Å². The zero-order valence-electron chi connectivity index (χ0n) is 7.63. The van der Waals surface area contributed by atoms with Gasteiger partial charge in [-0.15, -0.1) is 0 Å². The monoisotopic (exact) mass is 324 g/mol. The van der Waals surface area contributed by atoms with Crippen LogP contribution >= 0.6 is 15.9 Å². The molecule has 0 spiro atoms. The zero-order valence-corrected chi connectivity index (χ0v) is 12.3. The molecule has 0 rings (SSSR count). The summed E-state index contributed by atoms with van der Waals surface area (Å²) in [6.07, 6.45) is 0. The van der Waals surface area contributed by atoms with Gasteiger partial charge >= 0.3 is 86.5 Å². The fraction of sp³-hybridized carbons (Fsp3) is 1.00. The van der Waals surface area contributed by atoms with Crippen molar-refractivity contribution in [2.24, 2.45) is 0 Å². The summed E-state index contributed by atoms with van der Waals surface area (Å²) in [7, 11) is -8.00. The summed E-state index contributed by atoms with van der Waals surface area (Å²) in [6, 6.07) is 0. The molecule has 0 aliphatic carbocycles. The predicted octanol–water partition coefficient (Wildman–Crippen LogP) is -2.72. The fourth-order valence-electron chi connectivity index (χ4n) is 0. The number of alkyl halides is 1. The van der Waals surface area contributed by atoms with Gasteiger partial charge in [-0.2, -0.15) is 0 Å². The SMILES string of the molecule is OB(O)F.OB(O)F.OB(O)F.[K][CH2]Br. The van der Waals surface area contributed by atoms with Gasteiger partial charge < -0.3 is 30.1 Å². The van der Waals surface area contributed by atoms with Crippen molar-refractivity contribution in [3.8, 4) is 0 Å². The van der Waals surface area contributed by atoms with Crippen LogP contribution < -0.4 is 0 Å². The van der Waals surface area contributed by atoms with Crippen molar-refractivity contribution >= 4 is 87.1 Å². The summed E-state index contributed by atoms with van der Waals surface area (Å²) in [5, 5.41) is 41.7. The third kappa shape index (κ3) is 880. The normalized spacial score (nSPS) is 6.67. The summed E-state index contributed by atoms with van der Waals surface area (Å²) < 4.78 is 31.6. The molecular weight excluding hydrogens is 316 g/mol. The fourth-order valence-corrected chi connectivity index (χ4v) is 0. The summed E-state index contributed by atoms with van der Waals surface area (Å²) in [4.78, 5) is 0. The van der Waals surface area contributed by atoms with E-state index in [2.05, 4.69) is 15.9 Å². The van der Waals surface area contributed by atoms with Crippen LogP contribution in [-0.4, -0.2) is 101 Å². The minimum atomic E-state index is -2.67. The third-order valence-electron chi connectivity index (χ3n) is 0. The van der Waals surface area contributed by atoms with Crippen molar-refractivity contribution < 1.29 is 43.1 Å². The van der Waals surface area contributed by atoms with Gasteiger partial charge in [0.2, 0.25) is 0 Å². The molecule has 0 fully saturated rings. The molecule has 0 aliphatic heterocycles. The van der Waals surface area contributed by atoms with E-state index in [1.807, 2.05) is 0 Å². The molecule has 15 heavy (non-hydrogen) atoms. The molecule has 14 heteroatoms. The maximum absolute atomic E-state index is 10.1. The van der Waals surface area contributed by atoms with Crippen LogP contribution in [0.4, 0.5) is 12.9 Å². The Morgan fingerprint density at radius 2 is 0.800 bits per heavy atom. The van der Waals surface area contributed by atoms with E-state index in [4.69, 9.17) is 30.1 Å². The van der Waals surface area contributed by atoms with E-state index in [1.54, 1.807) is 0 Å². The molecule has 0 saturated carbocycles. The van der Waals surface area contributed by atoms with E-state index >= 15 is 0 Å². The average molecular weight is 325 g/mol. The number of hydrogen-bond donors (Lipinski definition) is 6. The Bertz CT molecular complexity index is 71.5. The molecule has 0 aromatic carbocycles. The first-order valence-corrected chi connectivity index (χ1v) is 6.51. The molecular formula is CH8B3BrF3KO6. The molecule has 0 saturated heterocycles. The van der Waals surface area contributed by atoms with Crippen LogP contribution in [0.3, 0.4) is 0 Å². The van der Waals surface area contributed by atoms with Crippen LogP contribution in [0.25, 0.3) is 0 Å². The van der Waals surface area contributed by atoms with Crippen molar-refractivity contribution in [2.75, 3.05) is -0.575 Å². The maximum atomic E-state index is 10.1. The van der Waals surface area contributed by atoms with Crippen molar-refractivity contribution in [2.45, 2.75) is 0 Å². The van der Waals surface area contributed by atoms with Gasteiger partial charge in [0.15, 0.2) is 0 Å². The molecule has 0 atom stereocenters. The Labute approximate surface area is 128 Å². The molecule has 0 heterocycles. The van der Waals surface area contributed by atoms with E-state index in [9.17, 15) is 12.9 Å². The molecule has 0 aliphatic rings. The Balaban J connectivity index is -0.0000000542. The molecule has 86 valence electrons. The first kappa shape index (κ1) is 25.6. The Morgan fingerprint density at radius 1 is 0.800 bits per heavy atom. The van der Waals surface area contributed by atoms with Crippen LogP contribution in [0.2, 0.25) is 0 Å². The van der Waals surface area contributed by atoms with Crippen LogP contribution in [-0.2, 0) is 0 Å². The van der Waals surface area contributed by atoms with Crippen molar-refractivity contribution in [1.29, 1.82) is 0 Å². The van der Waals surface area contributed by atoms with Gasteiger partial charge in [-0.1, -0.05) is 0 Å². The van der Waals surface area contributed by atoms with Gasteiger partial charge in [0.05, 0.1) is 0 Å². The second-order valence-electron chi connectivity index (χ2n) is 1.20. The van der Waals surface area contributed by atoms with E-state index in [0.717, 1.165) is 49.0 Å². The average Bonchev–Trinajstić information content (AvgIpc) is 1.81. The standard InChI is InChI=1S/CH2Br.3BFH2O2.K/c1-2;3*2-1(3)4;/h1H2;3*3-4H;. The van der Waals surface area contributed by atoms with E-state index < -0.39 is 22.2 Å². The first-order chi connectivity index (χ1) is 6.61. The summed E-state index contributed by atoms with van der Waals surface area (Å²) in [5.41, 5.74) is 0. The van der Waals surface area contributed by atoms with Gasteiger partial charge in [0, 0.05) is 0 Å². The molecule has 6 N–H and O–H groups in total. The van der Waals surface area contributed by atoms with E-state index in [0.29, 0.717) is 0 Å². The molecule has 6 nitrogen and oxygen atoms in total. The molecule has 0 aromatic rings. The summed E-state index contributed by atoms with van der Waals surface area (Å²) in [5.74, 6) is 0. The summed E-state index contributed by atoms with van der Waals surface area (Å²) in [6.45, 7) is 0. The predicted molar refractivity (Wildman–Crippen MR) is 53.4 cm³/mol. The minimum absolute atomic E-state index is 1.02. The molecule has 0 aromatic heterocycles. The zero-order chi connectivity index (χ0) is 13.4. The van der Waals surface area contributed by atoms with Crippen LogP contribution in [0.1, 0.15) is 0 Å². The summed E-state index contributed by atoms with van der Waals surface area (Å²) >= 11 is 4.25. The van der Waals surface area contributed by atoms with Gasteiger partial charge in [0.25, 0.3) is 0 Å². The number of halogens is 4. The number of rotatable bonds is 0. The van der Waals surface area contributed by atoms with E-state index in [-0.39, 0.29) is 0 Å². The second kappa shape index (κ2) is 24.9. The Kier molecular flexibility index (Phi) is 42.6. The van der Waals surface area contributed by atoms with Gasteiger partial charge in [-0.05, 0) is 0 Å². The number of hydrogen-bond acceptors (Lipinski definition) is 6. The topological polar surface area (TPSA) is 121 Å². The van der Waals surface area contributed by atoms with Crippen molar-refractivity contribution in [3.63, 3.8) is 0 Å². The molecule has 0 unspecified atom stereocenters. The van der Waals surface area contributed by atoms with Crippen LogP contribution in [0, 0.1) is 0 Å². The Hall–Kier alpha value is 1.86. The van der Waals surface area contributed by atoms with Gasteiger partial charge in [-0.3, -0.25) is 12.9 Å². The Morgan fingerprint density at radius 3 is 0.800 bits per heavy atom.